The van der Waals surface area contributed by atoms with Crippen LogP contribution in [0.3, 0.4) is 0 Å². The third-order valence-electron chi connectivity index (χ3n) is 3.30. The van der Waals surface area contributed by atoms with Crippen molar-refractivity contribution in [1.82, 2.24) is 4.90 Å². The normalized spacial score (nSPS) is 18.2. The minimum absolute atomic E-state index is 0.0192. The average Bonchev–Trinajstić information content (AvgIpc) is 2.57. The van der Waals surface area contributed by atoms with E-state index in [-0.39, 0.29) is 11.8 Å². The first-order chi connectivity index (χ1) is 7.65. The molecule has 16 heavy (non-hydrogen) atoms. The molecule has 1 heterocycles. The number of nitrogens with zero attached hydrogens (tertiary/aromatic N) is 1. The Morgan fingerprint density at radius 2 is 1.75 bits per heavy atom. The van der Waals surface area contributed by atoms with Crippen LogP contribution in [0.15, 0.2) is 0 Å². The SMILES string of the molecule is CCCCCC(C)CCN1C(=O)CCC1=O. The van der Waals surface area contributed by atoms with Crippen molar-refractivity contribution in [2.45, 2.75) is 58.8 Å². The van der Waals surface area contributed by atoms with Gasteiger partial charge in [0, 0.05) is 19.4 Å². The van der Waals surface area contributed by atoms with Crippen molar-refractivity contribution in [3.05, 3.63) is 0 Å². The molecule has 1 aliphatic heterocycles. The van der Waals surface area contributed by atoms with Gasteiger partial charge in [0.1, 0.15) is 0 Å². The summed E-state index contributed by atoms with van der Waals surface area (Å²) in [6, 6.07) is 0. The van der Waals surface area contributed by atoms with Gasteiger partial charge >= 0.3 is 0 Å². The first-order valence-electron chi connectivity index (χ1n) is 6.48. The highest BCUT2D eigenvalue weighted by Gasteiger charge is 2.28. The summed E-state index contributed by atoms with van der Waals surface area (Å²) >= 11 is 0. The van der Waals surface area contributed by atoms with Crippen LogP contribution in [-0.4, -0.2) is 23.3 Å². The second kappa shape index (κ2) is 6.66. The van der Waals surface area contributed by atoms with Crippen LogP contribution in [0.1, 0.15) is 58.8 Å². The quantitative estimate of drug-likeness (QED) is 0.493. The van der Waals surface area contributed by atoms with Crippen LogP contribution in [0, 0.1) is 5.92 Å². The van der Waals surface area contributed by atoms with Gasteiger partial charge in [0.25, 0.3) is 0 Å². The molecule has 0 radical (unpaired) electrons. The molecule has 0 aliphatic carbocycles. The topological polar surface area (TPSA) is 37.4 Å². The molecule has 3 nitrogen and oxygen atoms in total. The van der Waals surface area contributed by atoms with Gasteiger partial charge in [0.05, 0.1) is 0 Å². The Morgan fingerprint density at radius 3 is 2.31 bits per heavy atom. The molecule has 1 aliphatic rings. The second-order valence-corrected chi connectivity index (χ2v) is 4.83. The molecular formula is C13H23NO2. The zero-order valence-electron chi connectivity index (χ0n) is 10.5. The third-order valence-corrected chi connectivity index (χ3v) is 3.30. The molecule has 3 heteroatoms. The van der Waals surface area contributed by atoms with Gasteiger partial charge < -0.3 is 0 Å². The maximum Gasteiger partial charge on any atom is 0.229 e. The minimum atomic E-state index is 0.0192. The van der Waals surface area contributed by atoms with E-state index in [4.69, 9.17) is 0 Å². The van der Waals surface area contributed by atoms with Gasteiger partial charge in [-0.1, -0.05) is 39.5 Å². The molecule has 2 amide bonds. The Labute approximate surface area is 98.2 Å². The van der Waals surface area contributed by atoms with Crippen LogP contribution in [0.5, 0.6) is 0 Å². The van der Waals surface area contributed by atoms with Crippen LogP contribution in [0.2, 0.25) is 0 Å². The summed E-state index contributed by atoms with van der Waals surface area (Å²) < 4.78 is 0. The van der Waals surface area contributed by atoms with Gasteiger partial charge in [-0.25, -0.2) is 0 Å². The van der Waals surface area contributed by atoms with Crippen molar-refractivity contribution in [3.8, 4) is 0 Å². The molecule has 0 saturated carbocycles. The Kier molecular flexibility index (Phi) is 5.50. The van der Waals surface area contributed by atoms with Crippen LogP contribution < -0.4 is 0 Å². The smallest absolute Gasteiger partial charge is 0.229 e. The van der Waals surface area contributed by atoms with Crippen molar-refractivity contribution >= 4 is 11.8 Å². The van der Waals surface area contributed by atoms with Crippen molar-refractivity contribution in [2.24, 2.45) is 5.92 Å². The lowest BCUT2D eigenvalue weighted by Crippen LogP contribution is -2.30. The maximum absolute atomic E-state index is 11.4. The molecule has 0 spiro atoms. The van der Waals surface area contributed by atoms with Crippen LogP contribution in [-0.2, 0) is 9.59 Å². The van der Waals surface area contributed by atoms with Crippen LogP contribution >= 0.6 is 0 Å². The van der Waals surface area contributed by atoms with E-state index in [1.807, 2.05) is 0 Å². The molecule has 0 bridgehead atoms. The number of amides is 2. The van der Waals surface area contributed by atoms with E-state index in [2.05, 4.69) is 13.8 Å². The van der Waals surface area contributed by atoms with E-state index in [9.17, 15) is 9.59 Å². The van der Waals surface area contributed by atoms with Crippen LogP contribution in [0.25, 0.3) is 0 Å². The second-order valence-electron chi connectivity index (χ2n) is 4.83. The number of hydrogen-bond acceptors (Lipinski definition) is 2. The first-order valence-corrected chi connectivity index (χ1v) is 6.48. The van der Waals surface area contributed by atoms with E-state index in [0.717, 1.165) is 6.42 Å². The first kappa shape index (κ1) is 13.2. The van der Waals surface area contributed by atoms with Crippen molar-refractivity contribution in [2.75, 3.05) is 6.54 Å². The summed E-state index contributed by atoms with van der Waals surface area (Å²) in [6.45, 7) is 5.04. The summed E-state index contributed by atoms with van der Waals surface area (Å²) in [5, 5.41) is 0. The number of likely N-dealkylation sites (tertiary alicyclic amines) is 1. The highest BCUT2D eigenvalue weighted by atomic mass is 16.2. The third kappa shape index (κ3) is 3.95. The molecule has 92 valence electrons. The number of carbonyl (C=O) groups is 2. The van der Waals surface area contributed by atoms with E-state index in [1.54, 1.807) is 0 Å². The monoisotopic (exact) mass is 225 g/mol. The van der Waals surface area contributed by atoms with E-state index >= 15 is 0 Å². The molecule has 1 rings (SSSR count). The molecular weight excluding hydrogens is 202 g/mol. The summed E-state index contributed by atoms with van der Waals surface area (Å²) in [4.78, 5) is 24.2. The van der Waals surface area contributed by atoms with Gasteiger partial charge in [-0.3, -0.25) is 14.5 Å². The van der Waals surface area contributed by atoms with Crippen molar-refractivity contribution in [1.29, 1.82) is 0 Å². The van der Waals surface area contributed by atoms with Gasteiger partial charge in [-0.15, -0.1) is 0 Å². The maximum atomic E-state index is 11.4. The Balaban J connectivity index is 2.18. The molecule has 0 N–H and O–H groups in total. The Morgan fingerprint density at radius 1 is 1.12 bits per heavy atom. The zero-order chi connectivity index (χ0) is 12.0. The number of carbonyl (C=O) groups excluding carboxylic acids is 2. The van der Waals surface area contributed by atoms with Crippen molar-refractivity contribution < 1.29 is 9.59 Å². The lowest BCUT2D eigenvalue weighted by atomic mass is 10.00. The fourth-order valence-electron chi connectivity index (χ4n) is 2.11. The molecule has 1 unspecified atom stereocenters. The Bertz CT molecular complexity index is 234. The number of rotatable bonds is 7. The number of unbranched alkanes of at least 4 members (excludes halogenated alkanes) is 2. The molecule has 0 aromatic rings. The van der Waals surface area contributed by atoms with Gasteiger partial charge in [-0.05, 0) is 12.3 Å². The minimum Gasteiger partial charge on any atom is -0.283 e. The lowest BCUT2D eigenvalue weighted by molar-refractivity contribution is -0.138. The summed E-state index contributed by atoms with van der Waals surface area (Å²) in [5.41, 5.74) is 0. The van der Waals surface area contributed by atoms with Gasteiger partial charge in [-0.2, -0.15) is 0 Å². The van der Waals surface area contributed by atoms with Gasteiger partial charge in [0.15, 0.2) is 0 Å². The molecule has 1 saturated heterocycles. The highest BCUT2D eigenvalue weighted by Crippen LogP contribution is 2.17. The van der Waals surface area contributed by atoms with Gasteiger partial charge in [0.2, 0.25) is 11.8 Å². The van der Waals surface area contributed by atoms with E-state index in [1.165, 1.54) is 30.6 Å². The Hall–Kier alpha value is -0.860. The average molecular weight is 225 g/mol. The fourth-order valence-corrected chi connectivity index (χ4v) is 2.11. The summed E-state index contributed by atoms with van der Waals surface area (Å²) in [5.74, 6) is 0.657. The molecule has 1 atom stereocenters. The summed E-state index contributed by atoms with van der Waals surface area (Å²) in [6.07, 6.45) is 6.80. The van der Waals surface area contributed by atoms with Crippen molar-refractivity contribution in [3.63, 3.8) is 0 Å². The summed E-state index contributed by atoms with van der Waals surface area (Å²) in [7, 11) is 0. The zero-order valence-corrected chi connectivity index (χ0v) is 10.5. The molecule has 0 aromatic heterocycles. The van der Waals surface area contributed by atoms with E-state index in [0.29, 0.717) is 25.3 Å². The predicted molar refractivity (Wildman–Crippen MR) is 63.9 cm³/mol. The molecule has 0 aromatic carbocycles. The van der Waals surface area contributed by atoms with Crippen LogP contribution in [0.4, 0.5) is 0 Å². The predicted octanol–water partition coefficient (Wildman–Crippen LogP) is 2.74. The fraction of sp³-hybridized carbons (Fsp3) is 0.846. The lowest BCUT2D eigenvalue weighted by Gasteiger charge is -2.17. The largest absolute Gasteiger partial charge is 0.283 e. The number of hydrogen-bond donors (Lipinski definition) is 0. The van der Waals surface area contributed by atoms with E-state index < -0.39 is 0 Å². The standard InChI is InChI=1S/C13H23NO2/c1-3-4-5-6-11(2)9-10-14-12(15)7-8-13(14)16/h11H,3-10H2,1-2H3. The number of imide groups is 1. The highest BCUT2D eigenvalue weighted by molar-refractivity contribution is 6.01. The molecule has 1 fully saturated rings.